The molecule has 2 fully saturated rings. The number of fused-ring (bicyclic) bond motifs is 1. The average Bonchev–Trinajstić information content (AvgIpc) is 2.54. The SMILES string of the molecule is O=CNN1C(=O)N2C1SC[C@@H]2C(=O)O. The summed E-state index contributed by atoms with van der Waals surface area (Å²) in [5.74, 6) is -0.665. The molecule has 0 saturated carbocycles. The molecule has 0 aliphatic carbocycles. The molecule has 0 aromatic heterocycles. The number of hydrogen-bond donors (Lipinski definition) is 2. The van der Waals surface area contributed by atoms with Crippen LogP contribution in [0.5, 0.6) is 0 Å². The fourth-order valence-corrected chi connectivity index (χ4v) is 2.80. The number of amides is 3. The smallest absolute Gasteiger partial charge is 0.344 e. The van der Waals surface area contributed by atoms with Crippen molar-refractivity contribution >= 4 is 30.2 Å². The van der Waals surface area contributed by atoms with E-state index in [2.05, 4.69) is 5.43 Å². The van der Waals surface area contributed by atoms with E-state index in [4.69, 9.17) is 5.11 Å². The summed E-state index contributed by atoms with van der Waals surface area (Å²) in [6, 6.07) is -1.25. The molecule has 2 heterocycles. The number of carboxylic acids is 1. The summed E-state index contributed by atoms with van der Waals surface area (Å²) in [6.07, 6.45) is 0.393. The number of hydrazine groups is 1. The minimum Gasteiger partial charge on any atom is -0.480 e. The van der Waals surface area contributed by atoms with Crippen LogP contribution >= 0.6 is 11.8 Å². The van der Waals surface area contributed by atoms with Crippen molar-refractivity contribution in [1.82, 2.24) is 15.3 Å². The highest BCUT2D eigenvalue weighted by Gasteiger charge is 2.55. The van der Waals surface area contributed by atoms with Gasteiger partial charge < -0.3 is 5.11 Å². The lowest BCUT2D eigenvalue weighted by molar-refractivity contribution is -0.144. The predicted octanol–water partition coefficient (Wildman–Crippen LogP) is -1.13. The first kappa shape index (κ1) is 9.13. The van der Waals surface area contributed by atoms with E-state index < -0.39 is 18.0 Å². The van der Waals surface area contributed by atoms with Gasteiger partial charge in [0.1, 0.15) is 6.04 Å². The zero-order valence-electron chi connectivity index (χ0n) is 6.91. The van der Waals surface area contributed by atoms with Crippen molar-refractivity contribution in [2.24, 2.45) is 0 Å². The Morgan fingerprint density at radius 2 is 2.43 bits per heavy atom. The van der Waals surface area contributed by atoms with Gasteiger partial charge in [-0.1, -0.05) is 0 Å². The van der Waals surface area contributed by atoms with Crippen molar-refractivity contribution in [1.29, 1.82) is 0 Å². The molecule has 14 heavy (non-hydrogen) atoms. The molecule has 1 unspecified atom stereocenters. The number of nitrogens with one attached hydrogen (secondary N) is 1. The second-order valence-electron chi connectivity index (χ2n) is 2.82. The molecule has 8 heteroatoms. The Morgan fingerprint density at radius 3 is 3.00 bits per heavy atom. The number of nitrogens with zero attached hydrogens (tertiary/aromatic N) is 2. The van der Waals surface area contributed by atoms with Gasteiger partial charge in [-0.15, -0.1) is 11.8 Å². The van der Waals surface area contributed by atoms with Gasteiger partial charge in [0.2, 0.25) is 6.41 Å². The molecule has 2 N–H and O–H groups in total. The van der Waals surface area contributed by atoms with E-state index in [-0.39, 0.29) is 5.50 Å². The van der Waals surface area contributed by atoms with Crippen molar-refractivity contribution in [3.8, 4) is 0 Å². The van der Waals surface area contributed by atoms with Crippen LogP contribution in [0, 0.1) is 0 Å². The molecule has 0 bridgehead atoms. The molecule has 2 saturated heterocycles. The molecule has 2 atom stereocenters. The Kier molecular flexibility index (Phi) is 1.99. The summed E-state index contributed by atoms with van der Waals surface area (Å²) in [5.41, 5.74) is 1.84. The van der Waals surface area contributed by atoms with Gasteiger partial charge in [-0.2, -0.15) is 0 Å². The summed E-state index contributed by atoms with van der Waals surface area (Å²) in [5, 5.41) is 9.87. The van der Waals surface area contributed by atoms with Gasteiger partial charge in [0.25, 0.3) is 0 Å². The van der Waals surface area contributed by atoms with E-state index in [1.807, 2.05) is 0 Å². The number of urea groups is 1. The fraction of sp³-hybridized carbons (Fsp3) is 0.500. The maximum absolute atomic E-state index is 11.3. The molecule has 2 rings (SSSR count). The number of carbonyl (C=O) groups is 3. The Labute approximate surface area is 83.0 Å². The zero-order valence-corrected chi connectivity index (χ0v) is 7.73. The van der Waals surface area contributed by atoms with Crippen molar-refractivity contribution in [2.75, 3.05) is 5.75 Å². The van der Waals surface area contributed by atoms with Crippen molar-refractivity contribution in [3.05, 3.63) is 0 Å². The van der Waals surface area contributed by atoms with Crippen molar-refractivity contribution in [3.63, 3.8) is 0 Å². The normalized spacial score (nSPS) is 29.6. The summed E-state index contributed by atoms with van der Waals surface area (Å²) in [7, 11) is 0. The van der Waals surface area contributed by atoms with Crippen LogP contribution in [0.25, 0.3) is 0 Å². The molecule has 2 aliphatic rings. The van der Waals surface area contributed by atoms with Crippen LogP contribution in [0.2, 0.25) is 0 Å². The lowest BCUT2D eigenvalue weighted by Gasteiger charge is -2.45. The number of thioether (sulfide) groups is 1. The molecular weight excluding hydrogens is 210 g/mol. The molecule has 0 aromatic rings. The summed E-state index contributed by atoms with van der Waals surface area (Å²) in [6.45, 7) is 0. The van der Waals surface area contributed by atoms with Crippen LogP contribution in [0.3, 0.4) is 0 Å². The lowest BCUT2D eigenvalue weighted by Crippen LogP contribution is -2.70. The van der Waals surface area contributed by atoms with Gasteiger partial charge in [-0.05, 0) is 0 Å². The first-order chi connectivity index (χ1) is 6.66. The summed E-state index contributed by atoms with van der Waals surface area (Å²) < 4.78 is 0. The van der Waals surface area contributed by atoms with E-state index in [1.165, 1.54) is 16.7 Å². The van der Waals surface area contributed by atoms with E-state index in [9.17, 15) is 14.4 Å². The number of hydrogen-bond acceptors (Lipinski definition) is 4. The number of aliphatic carboxylic acids is 1. The Morgan fingerprint density at radius 1 is 1.71 bits per heavy atom. The Balaban J connectivity index is 2.08. The molecule has 3 amide bonds. The summed E-state index contributed by atoms with van der Waals surface area (Å²) in [4.78, 5) is 33.3. The van der Waals surface area contributed by atoms with Crippen LogP contribution in [-0.4, -0.2) is 50.7 Å². The van der Waals surface area contributed by atoms with Crippen LogP contribution in [-0.2, 0) is 9.59 Å². The van der Waals surface area contributed by atoms with Crippen molar-refractivity contribution < 1.29 is 19.5 Å². The number of carbonyl (C=O) groups excluding carboxylic acids is 2. The number of rotatable bonds is 3. The van der Waals surface area contributed by atoms with E-state index in [1.54, 1.807) is 0 Å². The van der Waals surface area contributed by atoms with Gasteiger partial charge in [0.15, 0.2) is 5.50 Å². The molecule has 0 radical (unpaired) electrons. The third-order valence-electron chi connectivity index (χ3n) is 2.10. The van der Waals surface area contributed by atoms with Crippen LogP contribution in [0.15, 0.2) is 0 Å². The van der Waals surface area contributed by atoms with Gasteiger partial charge in [-0.25, -0.2) is 14.6 Å². The van der Waals surface area contributed by atoms with Crippen LogP contribution in [0.1, 0.15) is 0 Å². The monoisotopic (exact) mass is 217 g/mol. The second kappa shape index (κ2) is 3.05. The predicted molar refractivity (Wildman–Crippen MR) is 45.9 cm³/mol. The van der Waals surface area contributed by atoms with E-state index >= 15 is 0 Å². The third-order valence-corrected chi connectivity index (χ3v) is 3.35. The molecule has 76 valence electrons. The van der Waals surface area contributed by atoms with E-state index in [0.29, 0.717) is 12.2 Å². The maximum Gasteiger partial charge on any atom is 0.344 e. The highest BCUT2D eigenvalue weighted by Crippen LogP contribution is 2.38. The van der Waals surface area contributed by atoms with Crippen LogP contribution < -0.4 is 5.43 Å². The van der Waals surface area contributed by atoms with Gasteiger partial charge in [0.05, 0.1) is 0 Å². The molecule has 0 aromatic carbocycles. The highest BCUT2D eigenvalue weighted by molar-refractivity contribution is 8.00. The van der Waals surface area contributed by atoms with Gasteiger partial charge >= 0.3 is 12.0 Å². The quantitative estimate of drug-likeness (QED) is 0.584. The minimum atomic E-state index is -1.01. The highest BCUT2D eigenvalue weighted by atomic mass is 32.2. The average molecular weight is 217 g/mol. The fourth-order valence-electron chi connectivity index (χ4n) is 1.45. The largest absolute Gasteiger partial charge is 0.480 e. The zero-order chi connectivity index (χ0) is 10.3. The first-order valence-corrected chi connectivity index (χ1v) is 4.87. The van der Waals surface area contributed by atoms with E-state index in [0.717, 1.165) is 5.01 Å². The topological polar surface area (TPSA) is 90.0 Å². The second-order valence-corrected chi connectivity index (χ2v) is 3.91. The summed E-state index contributed by atoms with van der Waals surface area (Å²) >= 11 is 1.31. The molecule has 0 spiro atoms. The van der Waals surface area contributed by atoms with Gasteiger partial charge in [0, 0.05) is 5.75 Å². The molecular formula is C6H7N3O4S. The Hall–Kier alpha value is -1.44. The number of carboxylic acid groups (broad SMARTS) is 1. The third kappa shape index (κ3) is 1.03. The lowest BCUT2D eigenvalue weighted by atomic mass is 10.3. The standard InChI is InChI=1S/C6H7N3O4S/c10-2-7-9-5(13)8-3(4(11)12)1-14-6(8)9/h2-3,6H,1H2,(H,7,10)(H,11,12)/t3-,6?/m1/s1. The van der Waals surface area contributed by atoms with Crippen LogP contribution in [0.4, 0.5) is 4.79 Å². The Bertz CT molecular complexity index is 309. The molecule has 2 aliphatic heterocycles. The minimum absolute atomic E-state index is 0.350. The molecule has 7 nitrogen and oxygen atoms in total. The van der Waals surface area contributed by atoms with Crippen molar-refractivity contribution in [2.45, 2.75) is 11.5 Å². The van der Waals surface area contributed by atoms with Gasteiger partial charge in [-0.3, -0.25) is 15.1 Å². The first-order valence-electron chi connectivity index (χ1n) is 3.82. The maximum atomic E-state index is 11.3.